The number of aliphatic hydroxyl groups excluding tert-OH is 1. The van der Waals surface area contributed by atoms with E-state index in [2.05, 4.69) is 38.8 Å². The van der Waals surface area contributed by atoms with Gasteiger partial charge in [-0.25, -0.2) is 0 Å². The van der Waals surface area contributed by atoms with Crippen molar-refractivity contribution in [1.29, 1.82) is 0 Å². The zero-order valence-electron chi connectivity index (χ0n) is 9.14. The standard InChI is InChI=1S/C9H20NO2Si/c1-9(2,3)13(4,5)10-8(6-11)7-12/h8,10-11H,6H2,1-5H3/t8-/m0/s1. The van der Waals surface area contributed by atoms with Crippen LogP contribution in [0.2, 0.25) is 18.1 Å². The maximum atomic E-state index is 10.4. The molecule has 0 heterocycles. The Kier molecular flexibility index (Phi) is 4.28. The van der Waals surface area contributed by atoms with Gasteiger partial charge in [0.1, 0.15) is 8.24 Å². The number of carbonyl (C=O) groups excluding carboxylic acids is 1. The average Bonchev–Trinajstić information content (AvgIpc) is 1.98. The molecule has 13 heavy (non-hydrogen) atoms. The first-order valence-electron chi connectivity index (χ1n) is 4.51. The van der Waals surface area contributed by atoms with Crippen molar-refractivity contribution in [2.75, 3.05) is 6.61 Å². The number of nitrogens with one attached hydrogen (secondary N) is 1. The molecule has 0 bridgehead atoms. The maximum absolute atomic E-state index is 10.4. The van der Waals surface area contributed by atoms with Crippen molar-refractivity contribution in [3.05, 3.63) is 0 Å². The zero-order valence-corrected chi connectivity index (χ0v) is 10.1. The van der Waals surface area contributed by atoms with Crippen LogP contribution in [0.4, 0.5) is 0 Å². The summed E-state index contributed by atoms with van der Waals surface area (Å²) in [6.07, 6.45) is 1.80. The Hall–Kier alpha value is -0.193. The first-order valence-corrected chi connectivity index (χ1v) is 7.51. The van der Waals surface area contributed by atoms with Crippen molar-refractivity contribution in [2.24, 2.45) is 0 Å². The molecule has 0 aliphatic heterocycles. The van der Waals surface area contributed by atoms with E-state index in [1.807, 2.05) is 0 Å². The Labute approximate surface area is 81.6 Å². The normalized spacial score (nSPS) is 15.5. The van der Waals surface area contributed by atoms with Crippen LogP contribution in [0.15, 0.2) is 0 Å². The van der Waals surface area contributed by atoms with Gasteiger partial charge in [-0.15, -0.1) is 0 Å². The van der Waals surface area contributed by atoms with E-state index in [0.29, 0.717) is 0 Å². The first kappa shape index (κ1) is 12.8. The molecule has 0 unspecified atom stereocenters. The van der Waals surface area contributed by atoms with Gasteiger partial charge in [-0.3, -0.25) is 4.79 Å². The summed E-state index contributed by atoms with van der Waals surface area (Å²) in [6.45, 7) is 10.6. The van der Waals surface area contributed by atoms with Crippen LogP contribution in [0, 0.1) is 0 Å². The SMILES string of the molecule is CC(C)(C)[Si](C)(C)N[C@H]([C]=O)CO. The lowest BCUT2D eigenvalue weighted by Crippen LogP contribution is -2.57. The molecular weight excluding hydrogens is 182 g/mol. The molecule has 0 aliphatic rings. The molecule has 2 N–H and O–H groups in total. The predicted octanol–water partition coefficient (Wildman–Crippen LogP) is 1.05. The molecule has 0 fully saturated rings. The van der Waals surface area contributed by atoms with Crippen molar-refractivity contribution in [2.45, 2.75) is 44.9 Å². The Morgan fingerprint density at radius 1 is 1.46 bits per heavy atom. The fourth-order valence-electron chi connectivity index (χ4n) is 0.764. The van der Waals surface area contributed by atoms with Gasteiger partial charge in [0.15, 0.2) is 0 Å². The highest BCUT2D eigenvalue weighted by molar-refractivity contribution is 6.78. The van der Waals surface area contributed by atoms with Crippen LogP contribution in [0.1, 0.15) is 20.8 Å². The van der Waals surface area contributed by atoms with Crippen LogP contribution in [-0.4, -0.2) is 32.3 Å². The van der Waals surface area contributed by atoms with E-state index < -0.39 is 14.3 Å². The van der Waals surface area contributed by atoms with E-state index in [0.717, 1.165) is 0 Å². The fourth-order valence-corrected chi connectivity index (χ4v) is 2.22. The molecule has 1 atom stereocenters. The second kappa shape index (κ2) is 4.35. The monoisotopic (exact) mass is 202 g/mol. The molecule has 1 radical (unpaired) electrons. The lowest BCUT2D eigenvalue weighted by Gasteiger charge is -2.38. The summed E-state index contributed by atoms with van der Waals surface area (Å²) in [7, 11) is -1.68. The van der Waals surface area contributed by atoms with Crippen LogP contribution in [-0.2, 0) is 4.79 Å². The second-order valence-electron chi connectivity index (χ2n) is 4.87. The Morgan fingerprint density at radius 2 is 1.92 bits per heavy atom. The highest BCUT2D eigenvalue weighted by Crippen LogP contribution is 2.33. The lowest BCUT2D eigenvalue weighted by molar-refractivity contribution is 0.278. The van der Waals surface area contributed by atoms with Crippen molar-refractivity contribution in [3.8, 4) is 0 Å². The van der Waals surface area contributed by atoms with Gasteiger partial charge in [-0.05, 0) is 5.04 Å². The van der Waals surface area contributed by atoms with Crippen molar-refractivity contribution in [1.82, 2.24) is 4.98 Å². The summed E-state index contributed by atoms with van der Waals surface area (Å²) >= 11 is 0. The number of hydrogen-bond acceptors (Lipinski definition) is 3. The van der Waals surface area contributed by atoms with Crippen LogP contribution < -0.4 is 4.98 Å². The van der Waals surface area contributed by atoms with E-state index in [1.165, 1.54) is 0 Å². The summed E-state index contributed by atoms with van der Waals surface area (Å²) in [5.74, 6) is 0. The summed E-state index contributed by atoms with van der Waals surface area (Å²) in [5.41, 5.74) is 0. The van der Waals surface area contributed by atoms with E-state index in [1.54, 1.807) is 6.29 Å². The average molecular weight is 202 g/mol. The molecule has 77 valence electrons. The van der Waals surface area contributed by atoms with Gasteiger partial charge in [0.2, 0.25) is 6.29 Å². The molecule has 0 spiro atoms. The fraction of sp³-hybridized carbons (Fsp3) is 0.889. The molecular formula is C9H20NO2Si. The first-order chi connectivity index (χ1) is 5.74. The largest absolute Gasteiger partial charge is 0.394 e. The molecule has 0 aromatic heterocycles. The van der Waals surface area contributed by atoms with Gasteiger partial charge in [-0.1, -0.05) is 33.9 Å². The molecule has 4 heteroatoms. The Morgan fingerprint density at radius 3 is 2.15 bits per heavy atom. The molecule has 3 nitrogen and oxygen atoms in total. The van der Waals surface area contributed by atoms with E-state index >= 15 is 0 Å². The second-order valence-corrected chi connectivity index (χ2v) is 9.91. The zero-order chi connectivity index (χ0) is 10.7. The molecule has 0 saturated heterocycles. The van der Waals surface area contributed by atoms with Crippen LogP contribution in [0.25, 0.3) is 0 Å². The van der Waals surface area contributed by atoms with Gasteiger partial charge < -0.3 is 10.1 Å². The molecule has 0 amide bonds. The molecule has 0 saturated carbocycles. The quantitative estimate of drug-likeness (QED) is 0.670. The van der Waals surface area contributed by atoms with Gasteiger partial charge in [-0.2, -0.15) is 0 Å². The predicted molar refractivity (Wildman–Crippen MR) is 56.9 cm³/mol. The molecule has 0 aliphatic carbocycles. The third-order valence-corrected chi connectivity index (χ3v) is 7.56. The minimum atomic E-state index is -1.68. The van der Waals surface area contributed by atoms with Crippen LogP contribution >= 0.6 is 0 Å². The van der Waals surface area contributed by atoms with Gasteiger partial charge in [0, 0.05) is 0 Å². The minimum absolute atomic E-state index is 0.164. The number of rotatable bonds is 4. The van der Waals surface area contributed by atoms with Crippen molar-refractivity contribution < 1.29 is 9.90 Å². The summed E-state index contributed by atoms with van der Waals surface area (Å²) in [4.78, 5) is 13.6. The topological polar surface area (TPSA) is 49.3 Å². The molecule has 0 aromatic carbocycles. The van der Waals surface area contributed by atoms with Crippen LogP contribution in [0.3, 0.4) is 0 Å². The highest BCUT2D eigenvalue weighted by Gasteiger charge is 2.36. The molecule has 0 rings (SSSR count). The van der Waals surface area contributed by atoms with Crippen molar-refractivity contribution >= 4 is 14.5 Å². The van der Waals surface area contributed by atoms with E-state index in [-0.39, 0.29) is 11.6 Å². The third-order valence-electron chi connectivity index (χ3n) is 2.73. The summed E-state index contributed by atoms with van der Waals surface area (Å²) in [6, 6.07) is -0.527. The maximum Gasteiger partial charge on any atom is 0.218 e. The van der Waals surface area contributed by atoms with Crippen molar-refractivity contribution in [3.63, 3.8) is 0 Å². The van der Waals surface area contributed by atoms with Gasteiger partial charge in [0.05, 0.1) is 12.6 Å². The Balaban J connectivity index is 4.40. The lowest BCUT2D eigenvalue weighted by atomic mass is 10.2. The summed E-state index contributed by atoms with van der Waals surface area (Å²) in [5, 5.41) is 9.02. The van der Waals surface area contributed by atoms with Gasteiger partial charge in [0.25, 0.3) is 0 Å². The van der Waals surface area contributed by atoms with Crippen LogP contribution in [0.5, 0.6) is 0 Å². The molecule has 0 aromatic rings. The van der Waals surface area contributed by atoms with Gasteiger partial charge >= 0.3 is 0 Å². The summed E-state index contributed by atoms with van der Waals surface area (Å²) < 4.78 is 0. The van der Waals surface area contributed by atoms with E-state index in [4.69, 9.17) is 5.11 Å². The highest BCUT2D eigenvalue weighted by atomic mass is 28.3. The number of aliphatic hydroxyl groups is 1. The Bertz CT molecular complexity index is 175. The minimum Gasteiger partial charge on any atom is -0.394 e. The number of hydrogen-bond donors (Lipinski definition) is 2. The van der Waals surface area contributed by atoms with E-state index in [9.17, 15) is 4.79 Å². The third kappa shape index (κ3) is 3.58. The smallest absolute Gasteiger partial charge is 0.218 e.